The van der Waals surface area contributed by atoms with Crippen LogP contribution >= 0.6 is 0 Å². The molecule has 0 bridgehead atoms. The van der Waals surface area contributed by atoms with Gasteiger partial charge in [-0.3, -0.25) is 10.1 Å². The third kappa shape index (κ3) is 3.33. The Bertz CT molecular complexity index is 637. The molecule has 0 radical (unpaired) electrons. The van der Waals surface area contributed by atoms with Crippen molar-refractivity contribution >= 4 is 11.6 Å². The Morgan fingerprint density at radius 2 is 2.24 bits per heavy atom. The first-order valence-electron chi connectivity index (χ1n) is 6.84. The molecular weight excluding hydrogens is 272 g/mol. The van der Waals surface area contributed by atoms with Crippen LogP contribution in [0.1, 0.15) is 38.8 Å². The Balaban J connectivity index is 2.44. The number of nitro groups is 1. The van der Waals surface area contributed by atoms with Crippen LogP contribution in [0.5, 0.6) is 0 Å². The summed E-state index contributed by atoms with van der Waals surface area (Å²) in [6, 6.07) is 1.83. The first kappa shape index (κ1) is 14.9. The number of rotatable bonds is 6. The van der Waals surface area contributed by atoms with Crippen LogP contribution in [0.2, 0.25) is 0 Å². The molecule has 0 aliphatic carbocycles. The molecule has 0 saturated carbocycles. The van der Waals surface area contributed by atoms with Gasteiger partial charge in [-0.25, -0.2) is 9.67 Å². The second-order valence-corrected chi connectivity index (χ2v) is 4.93. The van der Waals surface area contributed by atoms with Crippen LogP contribution in [0, 0.1) is 10.1 Å². The molecule has 0 unspecified atom stereocenters. The van der Waals surface area contributed by atoms with E-state index in [9.17, 15) is 10.1 Å². The molecule has 2 aromatic heterocycles. The summed E-state index contributed by atoms with van der Waals surface area (Å²) < 4.78 is 1.42. The highest BCUT2D eigenvalue weighted by Gasteiger charge is 2.20. The summed E-state index contributed by atoms with van der Waals surface area (Å²) in [4.78, 5) is 18.8. The van der Waals surface area contributed by atoms with Crippen molar-refractivity contribution < 1.29 is 4.92 Å². The summed E-state index contributed by atoms with van der Waals surface area (Å²) in [5.74, 6) is 0.768. The lowest BCUT2D eigenvalue weighted by Gasteiger charge is -2.06. The Labute approximate surface area is 122 Å². The molecule has 0 aliphatic rings. The zero-order chi connectivity index (χ0) is 15.4. The summed E-state index contributed by atoms with van der Waals surface area (Å²) in [6.07, 6.45) is 3.79. The number of hydrogen-bond acceptors (Lipinski definition) is 6. The van der Waals surface area contributed by atoms with E-state index in [0.29, 0.717) is 12.5 Å². The van der Waals surface area contributed by atoms with E-state index in [1.165, 1.54) is 10.9 Å². The van der Waals surface area contributed by atoms with E-state index in [1.807, 2.05) is 26.8 Å². The molecule has 0 spiro atoms. The summed E-state index contributed by atoms with van der Waals surface area (Å²) in [6.45, 7) is 6.74. The van der Waals surface area contributed by atoms with Crippen LogP contribution in [0.3, 0.4) is 0 Å². The minimum atomic E-state index is -0.504. The molecule has 0 aliphatic heterocycles. The Hall–Kier alpha value is -2.51. The maximum Gasteiger partial charge on any atom is 0.332 e. The van der Waals surface area contributed by atoms with E-state index in [1.54, 1.807) is 6.20 Å². The van der Waals surface area contributed by atoms with Crippen molar-refractivity contribution in [2.45, 2.75) is 33.1 Å². The Kier molecular flexibility index (Phi) is 4.46. The first-order valence-corrected chi connectivity index (χ1v) is 6.84. The van der Waals surface area contributed by atoms with Crippen molar-refractivity contribution in [1.82, 2.24) is 19.7 Å². The average molecular weight is 290 g/mol. The van der Waals surface area contributed by atoms with Crippen LogP contribution in [0.15, 0.2) is 18.5 Å². The lowest BCUT2D eigenvalue weighted by atomic mass is 10.1. The van der Waals surface area contributed by atoms with Crippen molar-refractivity contribution in [2.24, 2.45) is 0 Å². The number of aromatic nitrogens is 4. The molecule has 8 nitrogen and oxygen atoms in total. The van der Waals surface area contributed by atoms with Crippen LogP contribution < -0.4 is 5.32 Å². The van der Waals surface area contributed by atoms with Gasteiger partial charge in [0.1, 0.15) is 6.20 Å². The van der Waals surface area contributed by atoms with Gasteiger partial charge >= 0.3 is 5.69 Å². The third-order valence-corrected chi connectivity index (χ3v) is 2.90. The van der Waals surface area contributed by atoms with Crippen LogP contribution in [0.25, 0.3) is 5.82 Å². The normalized spacial score (nSPS) is 10.9. The van der Waals surface area contributed by atoms with Crippen molar-refractivity contribution in [3.8, 4) is 5.82 Å². The van der Waals surface area contributed by atoms with E-state index in [-0.39, 0.29) is 17.4 Å². The molecule has 21 heavy (non-hydrogen) atoms. The molecule has 1 N–H and O–H groups in total. The molecule has 0 aromatic carbocycles. The van der Waals surface area contributed by atoms with Crippen LogP contribution in [0.4, 0.5) is 11.6 Å². The van der Waals surface area contributed by atoms with Crippen molar-refractivity contribution in [1.29, 1.82) is 0 Å². The highest BCUT2D eigenvalue weighted by Crippen LogP contribution is 2.22. The van der Waals surface area contributed by atoms with E-state index in [0.717, 1.165) is 12.1 Å². The molecule has 0 atom stereocenters. The molecule has 2 aromatic rings. The molecule has 8 heteroatoms. The number of anilines is 1. The van der Waals surface area contributed by atoms with E-state index in [2.05, 4.69) is 20.4 Å². The zero-order valence-electron chi connectivity index (χ0n) is 12.3. The minimum Gasteiger partial charge on any atom is -0.354 e. The van der Waals surface area contributed by atoms with E-state index < -0.39 is 4.92 Å². The smallest absolute Gasteiger partial charge is 0.332 e. The van der Waals surface area contributed by atoms with Gasteiger partial charge in [0, 0.05) is 12.7 Å². The maximum absolute atomic E-state index is 11.1. The lowest BCUT2D eigenvalue weighted by Crippen LogP contribution is -2.10. The van der Waals surface area contributed by atoms with Gasteiger partial charge in [0.05, 0.1) is 10.6 Å². The average Bonchev–Trinajstić information content (AvgIpc) is 2.94. The van der Waals surface area contributed by atoms with Gasteiger partial charge in [0.2, 0.25) is 11.8 Å². The third-order valence-electron chi connectivity index (χ3n) is 2.90. The van der Waals surface area contributed by atoms with Gasteiger partial charge in [-0.05, 0) is 18.4 Å². The van der Waals surface area contributed by atoms with Gasteiger partial charge < -0.3 is 5.32 Å². The number of nitrogens with one attached hydrogen (secondary N) is 1. The van der Waals surface area contributed by atoms with Gasteiger partial charge in [0.15, 0.2) is 0 Å². The van der Waals surface area contributed by atoms with Gasteiger partial charge in [-0.1, -0.05) is 20.8 Å². The van der Waals surface area contributed by atoms with Crippen LogP contribution in [-0.4, -0.2) is 31.2 Å². The monoisotopic (exact) mass is 290 g/mol. The van der Waals surface area contributed by atoms with Crippen molar-refractivity contribution in [3.05, 3.63) is 34.3 Å². The molecular formula is C13H18N6O2. The fourth-order valence-electron chi connectivity index (χ4n) is 1.75. The molecule has 0 fully saturated rings. The SMILES string of the molecule is CCCNc1ncc([N+](=O)[O-])c(-n2ccc(C(C)C)n2)n1. The summed E-state index contributed by atoms with van der Waals surface area (Å²) in [5.41, 5.74) is 0.682. The van der Waals surface area contributed by atoms with Crippen LogP contribution in [-0.2, 0) is 0 Å². The topological polar surface area (TPSA) is 98.8 Å². The fraction of sp³-hybridized carbons (Fsp3) is 0.462. The second-order valence-electron chi connectivity index (χ2n) is 4.93. The largest absolute Gasteiger partial charge is 0.354 e. The van der Waals surface area contributed by atoms with Gasteiger partial charge in [-0.2, -0.15) is 10.1 Å². The summed E-state index contributed by atoms with van der Waals surface area (Å²) in [5, 5.41) is 18.5. The van der Waals surface area contributed by atoms with Gasteiger partial charge in [0.25, 0.3) is 0 Å². The highest BCUT2D eigenvalue weighted by molar-refractivity contribution is 5.48. The number of hydrogen-bond donors (Lipinski definition) is 1. The summed E-state index contributed by atoms with van der Waals surface area (Å²) >= 11 is 0. The van der Waals surface area contributed by atoms with E-state index in [4.69, 9.17) is 0 Å². The Morgan fingerprint density at radius 3 is 2.81 bits per heavy atom. The molecule has 0 saturated heterocycles. The second kappa shape index (κ2) is 6.29. The zero-order valence-corrected chi connectivity index (χ0v) is 12.3. The van der Waals surface area contributed by atoms with Crippen molar-refractivity contribution in [2.75, 3.05) is 11.9 Å². The Morgan fingerprint density at radius 1 is 1.48 bits per heavy atom. The first-order chi connectivity index (χ1) is 10.0. The number of nitrogens with zero attached hydrogens (tertiary/aromatic N) is 5. The van der Waals surface area contributed by atoms with Gasteiger partial charge in [-0.15, -0.1) is 0 Å². The van der Waals surface area contributed by atoms with E-state index >= 15 is 0 Å². The molecule has 2 rings (SSSR count). The minimum absolute atomic E-state index is 0.167. The molecule has 112 valence electrons. The molecule has 2 heterocycles. The quantitative estimate of drug-likeness (QED) is 0.648. The highest BCUT2D eigenvalue weighted by atomic mass is 16.6. The standard InChI is InChI=1S/C13H18N6O2/c1-4-6-14-13-15-8-11(19(20)21)12(16-13)18-7-5-10(17-18)9(2)3/h5,7-9H,4,6H2,1-3H3,(H,14,15,16). The summed E-state index contributed by atoms with van der Waals surface area (Å²) in [7, 11) is 0. The fourth-order valence-corrected chi connectivity index (χ4v) is 1.75. The molecule has 0 amide bonds. The predicted octanol–water partition coefficient (Wildman–Crippen LogP) is 2.52. The van der Waals surface area contributed by atoms with Crippen molar-refractivity contribution in [3.63, 3.8) is 0 Å². The predicted molar refractivity (Wildman–Crippen MR) is 78.7 cm³/mol. The maximum atomic E-state index is 11.1. The lowest BCUT2D eigenvalue weighted by molar-refractivity contribution is -0.385.